The van der Waals surface area contributed by atoms with Gasteiger partial charge in [-0.1, -0.05) is 30.3 Å². The maximum Gasteiger partial charge on any atom is 0.305 e. The molecule has 0 unspecified atom stereocenters. The van der Waals surface area contributed by atoms with Crippen molar-refractivity contribution in [3.8, 4) is 0 Å². The van der Waals surface area contributed by atoms with E-state index in [-0.39, 0.29) is 18.9 Å². The molecular formula is C20H26N6O4. The summed E-state index contributed by atoms with van der Waals surface area (Å²) in [6.07, 6.45) is 0.114. The molecule has 30 heavy (non-hydrogen) atoms. The van der Waals surface area contributed by atoms with Crippen LogP contribution in [0.5, 0.6) is 0 Å². The summed E-state index contributed by atoms with van der Waals surface area (Å²) < 4.78 is 0. The fourth-order valence-corrected chi connectivity index (χ4v) is 2.83. The van der Waals surface area contributed by atoms with Crippen LogP contribution in [0.3, 0.4) is 0 Å². The van der Waals surface area contributed by atoms with E-state index in [0.717, 1.165) is 10.8 Å². The summed E-state index contributed by atoms with van der Waals surface area (Å²) >= 11 is 0. The van der Waals surface area contributed by atoms with Crippen LogP contribution in [0.4, 0.5) is 5.69 Å². The molecule has 2 amide bonds. The van der Waals surface area contributed by atoms with Crippen molar-refractivity contribution in [3.63, 3.8) is 0 Å². The molecule has 160 valence electrons. The zero-order valence-corrected chi connectivity index (χ0v) is 16.4. The zero-order valence-electron chi connectivity index (χ0n) is 16.4. The number of aliphatic imine (C=N–C) groups is 1. The summed E-state index contributed by atoms with van der Waals surface area (Å²) in [5.74, 6) is -2.45. The summed E-state index contributed by atoms with van der Waals surface area (Å²) in [6, 6.07) is 10.9. The van der Waals surface area contributed by atoms with Crippen molar-refractivity contribution < 1.29 is 19.5 Å². The number of nitrogens with two attached hydrogens (primary N) is 3. The van der Waals surface area contributed by atoms with E-state index < -0.39 is 36.3 Å². The molecule has 2 rings (SSSR count). The maximum absolute atomic E-state index is 12.8. The minimum absolute atomic E-state index is 0.0697. The lowest BCUT2D eigenvalue weighted by molar-refractivity contribution is -0.139. The van der Waals surface area contributed by atoms with Gasteiger partial charge in [0.25, 0.3) is 0 Å². The van der Waals surface area contributed by atoms with Gasteiger partial charge in [-0.3, -0.25) is 19.4 Å². The lowest BCUT2D eigenvalue weighted by Gasteiger charge is -2.20. The minimum Gasteiger partial charge on any atom is -0.481 e. The van der Waals surface area contributed by atoms with E-state index in [9.17, 15) is 14.4 Å². The fourth-order valence-electron chi connectivity index (χ4n) is 2.83. The largest absolute Gasteiger partial charge is 0.481 e. The van der Waals surface area contributed by atoms with E-state index in [1.54, 1.807) is 6.07 Å². The highest BCUT2D eigenvalue weighted by molar-refractivity contribution is 5.99. The molecule has 0 fully saturated rings. The fraction of sp³-hybridized carbons (Fsp3) is 0.300. The van der Waals surface area contributed by atoms with Crippen molar-refractivity contribution in [1.29, 1.82) is 0 Å². The van der Waals surface area contributed by atoms with E-state index in [1.165, 1.54) is 0 Å². The average molecular weight is 414 g/mol. The van der Waals surface area contributed by atoms with Crippen molar-refractivity contribution in [3.05, 3.63) is 42.5 Å². The van der Waals surface area contributed by atoms with Crippen LogP contribution in [-0.2, 0) is 14.4 Å². The molecule has 0 heterocycles. The number of aliphatic carboxylic acids is 1. The molecule has 10 heteroatoms. The SMILES string of the molecule is NC(N)=NCCC[C@@H](NC(=O)[C@H](N)CC(=O)O)C(=O)Nc1ccc2ccccc2c1. The summed E-state index contributed by atoms with van der Waals surface area (Å²) in [7, 11) is 0. The summed E-state index contributed by atoms with van der Waals surface area (Å²) in [5, 5.41) is 16.1. The number of amides is 2. The molecule has 0 aromatic heterocycles. The molecule has 0 saturated heterocycles. The second kappa shape index (κ2) is 10.8. The van der Waals surface area contributed by atoms with Gasteiger partial charge in [0.1, 0.15) is 6.04 Å². The predicted octanol–water partition coefficient (Wildman–Crippen LogP) is 0.119. The molecule has 0 aliphatic heterocycles. The molecule has 0 aliphatic rings. The van der Waals surface area contributed by atoms with E-state index in [4.69, 9.17) is 22.3 Å². The molecule has 9 N–H and O–H groups in total. The van der Waals surface area contributed by atoms with Gasteiger partial charge in [-0.25, -0.2) is 0 Å². The first-order valence-corrected chi connectivity index (χ1v) is 9.39. The first-order valence-electron chi connectivity index (χ1n) is 9.39. The topological polar surface area (TPSA) is 186 Å². The monoisotopic (exact) mass is 414 g/mol. The average Bonchev–Trinajstić information content (AvgIpc) is 2.69. The number of carboxylic acids is 1. The maximum atomic E-state index is 12.8. The summed E-state index contributed by atoms with van der Waals surface area (Å²) in [6.45, 7) is 0.277. The van der Waals surface area contributed by atoms with Gasteiger partial charge in [0.2, 0.25) is 11.8 Å². The van der Waals surface area contributed by atoms with Crippen LogP contribution in [0.15, 0.2) is 47.5 Å². The summed E-state index contributed by atoms with van der Waals surface area (Å²) in [4.78, 5) is 39.6. The lowest BCUT2D eigenvalue weighted by atomic mass is 10.1. The van der Waals surface area contributed by atoms with E-state index in [1.807, 2.05) is 36.4 Å². The molecular weight excluding hydrogens is 388 g/mol. The van der Waals surface area contributed by atoms with Crippen LogP contribution in [0, 0.1) is 0 Å². The number of carbonyl (C=O) groups excluding carboxylic acids is 2. The van der Waals surface area contributed by atoms with Gasteiger partial charge in [0.15, 0.2) is 5.96 Å². The van der Waals surface area contributed by atoms with Crippen molar-refractivity contribution in [2.24, 2.45) is 22.2 Å². The highest BCUT2D eigenvalue weighted by atomic mass is 16.4. The van der Waals surface area contributed by atoms with Gasteiger partial charge in [-0.15, -0.1) is 0 Å². The number of carboxylic acid groups (broad SMARTS) is 1. The predicted molar refractivity (Wildman–Crippen MR) is 115 cm³/mol. The van der Waals surface area contributed by atoms with Crippen molar-refractivity contribution in [1.82, 2.24) is 5.32 Å². The van der Waals surface area contributed by atoms with E-state index in [2.05, 4.69) is 15.6 Å². The van der Waals surface area contributed by atoms with Crippen LogP contribution >= 0.6 is 0 Å². The Kier molecular flexibility index (Phi) is 8.12. The number of nitrogens with zero attached hydrogens (tertiary/aromatic N) is 1. The molecule has 0 radical (unpaired) electrons. The second-order valence-corrected chi connectivity index (χ2v) is 6.77. The number of guanidine groups is 1. The minimum atomic E-state index is -1.27. The number of nitrogens with one attached hydrogen (secondary N) is 2. The number of anilines is 1. The third-order valence-electron chi connectivity index (χ3n) is 4.33. The van der Waals surface area contributed by atoms with Gasteiger partial charge in [0, 0.05) is 12.2 Å². The molecule has 2 aromatic carbocycles. The van der Waals surface area contributed by atoms with E-state index in [0.29, 0.717) is 12.1 Å². The number of rotatable bonds is 10. The zero-order chi connectivity index (χ0) is 22.1. The van der Waals surface area contributed by atoms with Crippen LogP contribution in [0.2, 0.25) is 0 Å². The second-order valence-electron chi connectivity index (χ2n) is 6.77. The van der Waals surface area contributed by atoms with Crippen LogP contribution in [0.25, 0.3) is 10.8 Å². The number of carbonyl (C=O) groups is 3. The summed E-state index contributed by atoms with van der Waals surface area (Å²) in [5.41, 5.74) is 16.7. The molecule has 0 aliphatic carbocycles. The molecule has 2 aromatic rings. The third kappa shape index (κ3) is 7.06. The van der Waals surface area contributed by atoms with Crippen molar-refractivity contribution in [2.45, 2.75) is 31.3 Å². The van der Waals surface area contributed by atoms with Crippen molar-refractivity contribution >= 4 is 40.2 Å². The molecule has 2 atom stereocenters. The Morgan fingerprint density at radius 3 is 2.40 bits per heavy atom. The van der Waals surface area contributed by atoms with E-state index >= 15 is 0 Å². The Morgan fingerprint density at radius 2 is 1.73 bits per heavy atom. The molecule has 0 spiro atoms. The van der Waals surface area contributed by atoms with Gasteiger partial charge in [-0.05, 0) is 35.7 Å². The normalized spacial score (nSPS) is 12.6. The quantitative estimate of drug-likeness (QED) is 0.181. The Hall–Kier alpha value is -3.66. The first kappa shape index (κ1) is 22.6. The highest BCUT2D eigenvalue weighted by Crippen LogP contribution is 2.19. The number of hydrogen-bond acceptors (Lipinski definition) is 5. The van der Waals surface area contributed by atoms with Gasteiger partial charge in [0.05, 0.1) is 12.5 Å². The Bertz CT molecular complexity index is 942. The van der Waals surface area contributed by atoms with Crippen LogP contribution < -0.4 is 27.8 Å². The number of benzene rings is 2. The Balaban J connectivity index is 2.09. The standard InChI is InChI=1S/C20H26N6O4/c21-15(11-17(27)28)18(29)26-16(6-3-9-24-20(22)23)19(30)25-14-8-7-12-4-1-2-5-13(12)10-14/h1-2,4-5,7-8,10,15-16H,3,6,9,11,21H2,(H,25,30)(H,26,29)(H,27,28)(H4,22,23,24)/t15-,16-/m1/s1. The number of hydrogen-bond donors (Lipinski definition) is 6. The lowest BCUT2D eigenvalue weighted by Crippen LogP contribution is -2.50. The molecule has 0 bridgehead atoms. The van der Waals surface area contributed by atoms with Crippen molar-refractivity contribution in [2.75, 3.05) is 11.9 Å². The molecule has 0 saturated carbocycles. The van der Waals surface area contributed by atoms with Gasteiger partial charge in [-0.2, -0.15) is 0 Å². The Morgan fingerprint density at radius 1 is 1.03 bits per heavy atom. The van der Waals surface area contributed by atoms with Crippen LogP contribution in [0.1, 0.15) is 19.3 Å². The van der Waals surface area contributed by atoms with Crippen LogP contribution in [-0.4, -0.2) is 47.5 Å². The first-order chi connectivity index (χ1) is 14.3. The Labute approximate surface area is 173 Å². The number of fused-ring (bicyclic) bond motifs is 1. The highest BCUT2D eigenvalue weighted by Gasteiger charge is 2.25. The molecule has 10 nitrogen and oxygen atoms in total. The van der Waals surface area contributed by atoms with Gasteiger partial charge < -0.3 is 32.9 Å². The third-order valence-corrected chi connectivity index (χ3v) is 4.33. The smallest absolute Gasteiger partial charge is 0.305 e. The van der Waals surface area contributed by atoms with Gasteiger partial charge >= 0.3 is 5.97 Å².